The minimum Gasteiger partial charge on any atom is -0.362 e. The summed E-state index contributed by atoms with van der Waals surface area (Å²) < 4.78 is 1.88. The largest absolute Gasteiger partial charge is 0.362 e. The third-order valence-corrected chi connectivity index (χ3v) is 3.22. The van der Waals surface area contributed by atoms with E-state index in [1.165, 1.54) is 5.56 Å². The van der Waals surface area contributed by atoms with Gasteiger partial charge in [-0.3, -0.25) is 4.68 Å². The van der Waals surface area contributed by atoms with Gasteiger partial charge in [-0.2, -0.15) is 16.4 Å². The molecule has 0 aliphatic carbocycles. The van der Waals surface area contributed by atoms with E-state index < -0.39 is 0 Å². The molecule has 15 heavy (non-hydrogen) atoms. The van der Waals surface area contributed by atoms with E-state index in [0.29, 0.717) is 6.04 Å². The fourth-order valence-electron chi connectivity index (χ4n) is 1.46. The average molecular weight is 221 g/mol. The topological polar surface area (TPSA) is 29.9 Å². The van der Waals surface area contributed by atoms with Gasteiger partial charge in [-0.1, -0.05) is 0 Å². The van der Waals surface area contributed by atoms with E-state index >= 15 is 0 Å². The van der Waals surface area contributed by atoms with Gasteiger partial charge in [0, 0.05) is 18.8 Å². The molecule has 0 aliphatic rings. The van der Waals surface area contributed by atoms with E-state index in [4.69, 9.17) is 0 Å². The number of nitrogens with zero attached hydrogens (tertiary/aromatic N) is 2. The summed E-state index contributed by atoms with van der Waals surface area (Å²) in [5.74, 6) is 0.939. The van der Waals surface area contributed by atoms with Crippen molar-refractivity contribution >= 4 is 17.2 Å². The Hall–Kier alpha value is -1.29. The number of hydrogen-bond donors (Lipinski definition) is 1. The van der Waals surface area contributed by atoms with Gasteiger partial charge in [0.15, 0.2) is 0 Å². The van der Waals surface area contributed by atoms with Crippen LogP contribution < -0.4 is 5.32 Å². The quantitative estimate of drug-likeness (QED) is 0.863. The summed E-state index contributed by atoms with van der Waals surface area (Å²) in [4.78, 5) is 0. The fraction of sp³-hybridized carbons (Fsp3) is 0.364. The highest BCUT2D eigenvalue weighted by Crippen LogP contribution is 2.20. The highest BCUT2D eigenvalue weighted by Gasteiger charge is 2.07. The predicted octanol–water partition coefficient (Wildman–Crippen LogP) is 2.96. The Kier molecular flexibility index (Phi) is 2.77. The van der Waals surface area contributed by atoms with Gasteiger partial charge in [-0.25, -0.2) is 0 Å². The standard InChI is InChI=1S/C11H15N3S/c1-8-6-11(13-14(8)3)12-9(2)10-4-5-15-7-10/h4-7,9H,1-3H3,(H,12,13). The van der Waals surface area contributed by atoms with Crippen LogP contribution in [0.15, 0.2) is 22.9 Å². The van der Waals surface area contributed by atoms with Crippen LogP contribution in [0.1, 0.15) is 24.2 Å². The first-order valence-electron chi connectivity index (χ1n) is 4.96. The lowest BCUT2D eigenvalue weighted by atomic mass is 10.2. The van der Waals surface area contributed by atoms with Gasteiger partial charge in [0.1, 0.15) is 5.82 Å². The Morgan fingerprint density at radius 3 is 2.87 bits per heavy atom. The van der Waals surface area contributed by atoms with Crippen molar-refractivity contribution in [1.82, 2.24) is 9.78 Å². The molecule has 0 radical (unpaired) electrons. The smallest absolute Gasteiger partial charge is 0.148 e. The maximum Gasteiger partial charge on any atom is 0.148 e. The third-order valence-electron chi connectivity index (χ3n) is 2.52. The zero-order valence-corrected chi connectivity index (χ0v) is 10.0. The Bertz CT molecular complexity index is 411. The first-order chi connectivity index (χ1) is 7.16. The van der Waals surface area contributed by atoms with Crippen molar-refractivity contribution in [3.8, 4) is 0 Å². The Morgan fingerprint density at radius 1 is 1.53 bits per heavy atom. The summed E-state index contributed by atoms with van der Waals surface area (Å²) in [5.41, 5.74) is 2.47. The van der Waals surface area contributed by atoms with E-state index in [1.807, 2.05) is 18.7 Å². The summed E-state index contributed by atoms with van der Waals surface area (Å²) in [5, 5.41) is 12.0. The number of hydrogen-bond acceptors (Lipinski definition) is 3. The highest BCUT2D eigenvalue weighted by atomic mass is 32.1. The molecule has 0 fully saturated rings. The van der Waals surface area contributed by atoms with Crippen molar-refractivity contribution in [2.75, 3.05) is 5.32 Å². The second-order valence-electron chi connectivity index (χ2n) is 3.72. The van der Waals surface area contributed by atoms with Crippen LogP contribution in [0.4, 0.5) is 5.82 Å². The van der Waals surface area contributed by atoms with Crippen LogP contribution in [-0.4, -0.2) is 9.78 Å². The lowest BCUT2D eigenvalue weighted by molar-refractivity contribution is 0.736. The van der Waals surface area contributed by atoms with Crippen molar-refractivity contribution in [2.45, 2.75) is 19.9 Å². The number of aryl methyl sites for hydroxylation is 2. The minimum absolute atomic E-state index is 0.311. The van der Waals surface area contributed by atoms with Crippen LogP contribution in [0.25, 0.3) is 0 Å². The van der Waals surface area contributed by atoms with E-state index in [1.54, 1.807) is 11.3 Å². The van der Waals surface area contributed by atoms with Crippen LogP contribution in [0.3, 0.4) is 0 Å². The Morgan fingerprint density at radius 2 is 2.33 bits per heavy atom. The van der Waals surface area contributed by atoms with Crippen molar-refractivity contribution in [2.24, 2.45) is 7.05 Å². The Labute approximate surface area is 93.7 Å². The molecular formula is C11H15N3S. The second kappa shape index (κ2) is 4.06. The van der Waals surface area contributed by atoms with Gasteiger partial charge in [0.05, 0.1) is 6.04 Å². The molecule has 1 N–H and O–H groups in total. The molecule has 0 spiro atoms. The van der Waals surface area contributed by atoms with Gasteiger partial charge >= 0.3 is 0 Å². The molecule has 2 rings (SSSR count). The number of nitrogens with one attached hydrogen (secondary N) is 1. The van der Waals surface area contributed by atoms with E-state index in [0.717, 1.165) is 11.5 Å². The van der Waals surface area contributed by atoms with Gasteiger partial charge in [0.2, 0.25) is 0 Å². The summed E-state index contributed by atoms with van der Waals surface area (Å²) in [6.45, 7) is 4.19. The summed E-state index contributed by atoms with van der Waals surface area (Å²) in [7, 11) is 1.95. The molecule has 1 atom stereocenters. The maximum absolute atomic E-state index is 4.37. The zero-order valence-electron chi connectivity index (χ0n) is 9.19. The first kappa shape index (κ1) is 10.2. The average Bonchev–Trinajstić information content (AvgIpc) is 2.77. The monoisotopic (exact) mass is 221 g/mol. The molecule has 0 amide bonds. The van der Waals surface area contributed by atoms with Crippen LogP contribution in [0, 0.1) is 6.92 Å². The lowest BCUT2D eigenvalue weighted by Crippen LogP contribution is -2.06. The summed E-state index contributed by atoms with van der Waals surface area (Å²) >= 11 is 1.72. The maximum atomic E-state index is 4.37. The lowest BCUT2D eigenvalue weighted by Gasteiger charge is -2.10. The molecule has 0 aliphatic heterocycles. The van der Waals surface area contributed by atoms with Crippen molar-refractivity contribution in [1.29, 1.82) is 0 Å². The zero-order chi connectivity index (χ0) is 10.8. The molecule has 0 saturated heterocycles. The number of aromatic nitrogens is 2. The highest BCUT2D eigenvalue weighted by molar-refractivity contribution is 7.07. The van der Waals surface area contributed by atoms with Gasteiger partial charge in [-0.05, 0) is 36.2 Å². The van der Waals surface area contributed by atoms with Crippen molar-refractivity contribution in [3.05, 3.63) is 34.2 Å². The van der Waals surface area contributed by atoms with E-state index in [9.17, 15) is 0 Å². The molecule has 80 valence electrons. The van der Waals surface area contributed by atoms with Crippen LogP contribution in [0.5, 0.6) is 0 Å². The van der Waals surface area contributed by atoms with Gasteiger partial charge in [0.25, 0.3) is 0 Å². The molecule has 3 nitrogen and oxygen atoms in total. The van der Waals surface area contributed by atoms with Crippen LogP contribution in [-0.2, 0) is 7.05 Å². The second-order valence-corrected chi connectivity index (χ2v) is 4.50. The molecule has 4 heteroatoms. The molecule has 2 heterocycles. The van der Waals surface area contributed by atoms with Gasteiger partial charge < -0.3 is 5.32 Å². The molecule has 0 saturated carbocycles. The molecule has 0 aromatic carbocycles. The SMILES string of the molecule is Cc1cc(NC(C)c2ccsc2)nn1C. The van der Waals surface area contributed by atoms with Crippen LogP contribution in [0.2, 0.25) is 0 Å². The minimum atomic E-state index is 0.311. The summed E-state index contributed by atoms with van der Waals surface area (Å²) in [6.07, 6.45) is 0. The predicted molar refractivity (Wildman–Crippen MR) is 64.3 cm³/mol. The number of rotatable bonds is 3. The summed E-state index contributed by atoms with van der Waals surface area (Å²) in [6, 6.07) is 4.51. The normalized spacial score (nSPS) is 12.7. The van der Waals surface area contributed by atoms with Crippen molar-refractivity contribution in [3.63, 3.8) is 0 Å². The molecule has 2 aromatic heterocycles. The third kappa shape index (κ3) is 2.21. The van der Waals surface area contributed by atoms with Crippen molar-refractivity contribution < 1.29 is 0 Å². The Balaban J connectivity index is 2.09. The number of anilines is 1. The molecule has 2 aromatic rings. The van der Waals surface area contributed by atoms with Gasteiger partial charge in [-0.15, -0.1) is 0 Å². The van der Waals surface area contributed by atoms with E-state index in [2.05, 4.69) is 40.2 Å². The fourth-order valence-corrected chi connectivity index (χ4v) is 2.21. The number of thiophene rings is 1. The molecule has 1 unspecified atom stereocenters. The first-order valence-corrected chi connectivity index (χ1v) is 5.90. The molecular weight excluding hydrogens is 206 g/mol. The van der Waals surface area contributed by atoms with Crippen LogP contribution >= 0.6 is 11.3 Å². The molecule has 0 bridgehead atoms. The van der Waals surface area contributed by atoms with E-state index in [-0.39, 0.29) is 0 Å².